The van der Waals surface area contributed by atoms with E-state index in [-0.39, 0.29) is 31.3 Å². The third-order valence-corrected chi connectivity index (χ3v) is 4.09. The molecule has 142 valence electrons. The molecular formula is C18H22ClNO6. The molecule has 1 aromatic rings. The lowest BCUT2D eigenvalue weighted by Crippen LogP contribution is -2.42. The number of nitrogens with zero attached hydrogens (tertiary/aromatic N) is 1. The van der Waals surface area contributed by atoms with Crippen LogP contribution in [0, 0.1) is 5.92 Å². The second kappa shape index (κ2) is 9.00. The first-order valence-corrected chi connectivity index (χ1v) is 8.72. The van der Waals surface area contributed by atoms with Crippen LogP contribution in [0.1, 0.15) is 30.6 Å². The highest BCUT2D eigenvalue weighted by Crippen LogP contribution is 2.21. The summed E-state index contributed by atoms with van der Waals surface area (Å²) >= 11 is 5.76. The molecule has 1 heterocycles. The van der Waals surface area contributed by atoms with Crippen LogP contribution in [0.5, 0.6) is 0 Å². The summed E-state index contributed by atoms with van der Waals surface area (Å²) in [5.41, 5.74) is 0.363. The van der Waals surface area contributed by atoms with E-state index in [4.69, 9.17) is 21.1 Å². The minimum absolute atomic E-state index is 0.0121. The van der Waals surface area contributed by atoms with Gasteiger partial charge in [0.1, 0.15) is 6.04 Å². The van der Waals surface area contributed by atoms with E-state index in [0.717, 1.165) is 4.90 Å². The summed E-state index contributed by atoms with van der Waals surface area (Å²) in [7, 11) is 0. The van der Waals surface area contributed by atoms with Gasteiger partial charge < -0.3 is 14.6 Å². The zero-order valence-corrected chi connectivity index (χ0v) is 15.4. The number of carbonyl (C=O) groups is 3. The number of β-amino-alcohol motifs (C(OH)–C–C–N with tert-alkyl or cyclic N) is 1. The van der Waals surface area contributed by atoms with Crippen molar-refractivity contribution >= 4 is 29.4 Å². The summed E-state index contributed by atoms with van der Waals surface area (Å²) in [4.78, 5) is 37.6. The highest BCUT2D eigenvalue weighted by molar-refractivity contribution is 6.30. The normalized spacial score (nSPS) is 19.5. The molecule has 1 N–H and O–H groups in total. The average molecular weight is 384 g/mol. The van der Waals surface area contributed by atoms with Crippen molar-refractivity contribution in [2.75, 3.05) is 19.8 Å². The predicted molar refractivity (Wildman–Crippen MR) is 94.0 cm³/mol. The number of Topliss-reactive ketones (excluding diaryl/α,β-unsaturated/α-hetero) is 1. The maximum Gasteiger partial charge on any atom is 0.410 e. The Bertz CT molecular complexity index is 660. The highest BCUT2D eigenvalue weighted by atomic mass is 35.5. The number of esters is 1. The molecule has 26 heavy (non-hydrogen) atoms. The number of carbonyl (C=O) groups excluding carboxylic acids is 3. The summed E-state index contributed by atoms with van der Waals surface area (Å²) in [6.45, 7) is 3.52. The number of benzene rings is 1. The monoisotopic (exact) mass is 383 g/mol. The van der Waals surface area contributed by atoms with Gasteiger partial charge in [0.05, 0.1) is 19.3 Å². The lowest BCUT2D eigenvalue weighted by Gasteiger charge is -2.22. The second-order valence-corrected chi connectivity index (χ2v) is 7.00. The predicted octanol–water partition coefficient (Wildman–Crippen LogP) is 2.29. The molecule has 7 nitrogen and oxygen atoms in total. The van der Waals surface area contributed by atoms with Crippen LogP contribution in [-0.4, -0.2) is 59.8 Å². The van der Waals surface area contributed by atoms with Gasteiger partial charge in [-0.25, -0.2) is 9.59 Å². The number of aliphatic hydroxyl groups is 1. The van der Waals surface area contributed by atoms with Crippen molar-refractivity contribution in [3.8, 4) is 0 Å². The third-order valence-electron chi connectivity index (χ3n) is 3.84. The van der Waals surface area contributed by atoms with E-state index >= 15 is 0 Å². The minimum atomic E-state index is -0.970. The van der Waals surface area contributed by atoms with Crippen LogP contribution in [0.3, 0.4) is 0 Å². The number of likely N-dealkylation sites (tertiary alicyclic amines) is 1. The summed E-state index contributed by atoms with van der Waals surface area (Å²) < 4.78 is 10.2. The molecule has 0 spiro atoms. The smallest absolute Gasteiger partial charge is 0.410 e. The van der Waals surface area contributed by atoms with Crippen molar-refractivity contribution in [3.63, 3.8) is 0 Å². The molecule has 1 aromatic carbocycles. The molecule has 0 aromatic heterocycles. The van der Waals surface area contributed by atoms with Crippen molar-refractivity contribution in [2.45, 2.75) is 32.4 Å². The number of amides is 1. The Morgan fingerprint density at radius 1 is 1.23 bits per heavy atom. The van der Waals surface area contributed by atoms with E-state index in [1.165, 1.54) is 12.1 Å². The maximum absolute atomic E-state index is 12.3. The van der Waals surface area contributed by atoms with E-state index in [1.807, 2.05) is 13.8 Å². The molecule has 2 atom stereocenters. The van der Waals surface area contributed by atoms with Gasteiger partial charge >= 0.3 is 12.1 Å². The van der Waals surface area contributed by atoms with Crippen molar-refractivity contribution < 1.29 is 29.0 Å². The Morgan fingerprint density at radius 3 is 2.50 bits per heavy atom. The van der Waals surface area contributed by atoms with Gasteiger partial charge in [-0.15, -0.1) is 0 Å². The first-order chi connectivity index (χ1) is 12.3. The van der Waals surface area contributed by atoms with E-state index in [2.05, 4.69) is 0 Å². The summed E-state index contributed by atoms with van der Waals surface area (Å²) in [5.74, 6) is -0.985. The van der Waals surface area contributed by atoms with Crippen LogP contribution in [0.15, 0.2) is 24.3 Å². The van der Waals surface area contributed by atoms with E-state index in [9.17, 15) is 19.5 Å². The second-order valence-electron chi connectivity index (χ2n) is 6.57. The molecule has 1 fully saturated rings. The van der Waals surface area contributed by atoms with Gasteiger partial charge in [0.15, 0.2) is 12.4 Å². The van der Waals surface area contributed by atoms with Crippen molar-refractivity contribution in [1.29, 1.82) is 0 Å². The third kappa shape index (κ3) is 5.44. The highest BCUT2D eigenvalue weighted by Gasteiger charge is 2.41. The molecule has 2 rings (SSSR count). The molecule has 1 saturated heterocycles. The van der Waals surface area contributed by atoms with Gasteiger partial charge in [-0.1, -0.05) is 25.4 Å². The van der Waals surface area contributed by atoms with Gasteiger partial charge in [-0.2, -0.15) is 0 Å². The molecule has 0 bridgehead atoms. The van der Waals surface area contributed by atoms with Gasteiger partial charge in [-0.05, 0) is 30.2 Å². The number of rotatable bonds is 6. The maximum atomic E-state index is 12.3. The fourth-order valence-corrected chi connectivity index (χ4v) is 2.64. The van der Waals surface area contributed by atoms with Crippen molar-refractivity contribution in [1.82, 2.24) is 4.90 Å². The Balaban J connectivity index is 1.92. The van der Waals surface area contributed by atoms with Crippen LogP contribution in [-0.2, 0) is 14.3 Å². The Hall–Kier alpha value is -2.12. The van der Waals surface area contributed by atoms with Gasteiger partial charge in [0, 0.05) is 17.0 Å². The summed E-state index contributed by atoms with van der Waals surface area (Å²) in [5, 5.41) is 10.3. The first-order valence-electron chi connectivity index (χ1n) is 8.34. The summed E-state index contributed by atoms with van der Waals surface area (Å²) in [6.07, 6.45) is -1.47. The average Bonchev–Trinajstić information content (AvgIpc) is 2.99. The number of aliphatic hydroxyl groups excluding tert-OH is 1. The van der Waals surface area contributed by atoms with Gasteiger partial charge in [-0.3, -0.25) is 9.69 Å². The topological polar surface area (TPSA) is 93.1 Å². The fourth-order valence-electron chi connectivity index (χ4n) is 2.51. The molecule has 1 aliphatic heterocycles. The Labute approximate surface area is 156 Å². The van der Waals surface area contributed by atoms with E-state index in [0.29, 0.717) is 10.6 Å². The minimum Gasteiger partial charge on any atom is -0.456 e. The molecular weight excluding hydrogens is 362 g/mol. The van der Waals surface area contributed by atoms with Gasteiger partial charge in [0.25, 0.3) is 0 Å². The number of halogens is 1. The number of hydrogen-bond donors (Lipinski definition) is 1. The molecule has 8 heteroatoms. The largest absolute Gasteiger partial charge is 0.456 e. The Kier molecular flexibility index (Phi) is 6.99. The molecule has 0 unspecified atom stereocenters. The van der Waals surface area contributed by atoms with Crippen molar-refractivity contribution in [3.05, 3.63) is 34.9 Å². The van der Waals surface area contributed by atoms with Crippen LogP contribution < -0.4 is 0 Å². The quantitative estimate of drug-likeness (QED) is 0.598. The van der Waals surface area contributed by atoms with Crippen LogP contribution in [0.2, 0.25) is 5.02 Å². The zero-order valence-electron chi connectivity index (χ0n) is 14.7. The van der Waals surface area contributed by atoms with Crippen LogP contribution >= 0.6 is 11.6 Å². The SMILES string of the molecule is CC(C)COC(=O)N1C[C@H](O)C[C@H]1C(=O)OCC(=O)c1ccc(Cl)cc1. The number of hydrogen-bond acceptors (Lipinski definition) is 6. The fraction of sp³-hybridized carbons (Fsp3) is 0.500. The van der Waals surface area contributed by atoms with E-state index in [1.54, 1.807) is 12.1 Å². The standard InChI is InChI=1S/C18H22ClNO6/c1-11(2)9-26-18(24)20-8-14(21)7-15(20)17(23)25-10-16(22)12-3-5-13(19)6-4-12/h3-6,11,14-15,21H,7-10H2,1-2H3/t14-,15+/m1/s1. The first kappa shape index (κ1) is 20.2. The molecule has 1 amide bonds. The molecule has 1 aliphatic rings. The van der Waals surface area contributed by atoms with E-state index < -0.39 is 30.8 Å². The molecule has 0 aliphatic carbocycles. The van der Waals surface area contributed by atoms with Gasteiger partial charge in [0.2, 0.25) is 0 Å². The number of ether oxygens (including phenoxy) is 2. The lowest BCUT2D eigenvalue weighted by atomic mass is 10.1. The molecule has 0 radical (unpaired) electrons. The Morgan fingerprint density at radius 2 is 1.88 bits per heavy atom. The van der Waals surface area contributed by atoms with Crippen LogP contribution in [0.4, 0.5) is 4.79 Å². The van der Waals surface area contributed by atoms with Crippen molar-refractivity contribution in [2.24, 2.45) is 5.92 Å². The summed E-state index contributed by atoms with van der Waals surface area (Å²) in [6, 6.07) is 5.23. The lowest BCUT2D eigenvalue weighted by molar-refractivity contribution is -0.147. The number of ketones is 1. The molecule has 0 saturated carbocycles. The zero-order chi connectivity index (χ0) is 19.3. The van der Waals surface area contributed by atoms with Crippen LogP contribution in [0.25, 0.3) is 0 Å².